The molecule has 24 heavy (non-hydrogen) atoms. The van der Waals surface area contributed by atoms with Crippen molar-refractivity contribution in [3.8, 4) is 5.82 Å². The molecule has 3 rings (SSSR count). The van der Waals surface area contributed by atoms with Crippen LogP contribution in [0.1, 0.15) is 34.6 Å². The van der Waals surface area contributed by atoms with Crippen LogP contribution in [0, 0.1) is 19.8 Å². The average molecular weight is 327 g/mol. The second-order valence-electron chi connectivity index (χ2n) is 6.24. The zero-order valence-electron chi connectivity index (χ0n) is 13.9. The summed E-state index contributed by atoms with van der Waals surface area (Å²) < 4.78 is 1.95. The van der Waals surface area contributed by atoms with Crippen LogP contribution in [0.2, 0.25) is 0 Å². The Kier molecular flexibility index (Phi) is 4.38. The lowest BCUT2D eigenvalue weighted by atomic mass is 9.97. The number of nitrogens with zero attached hydrogens (tertiary/aromatic N) is 3. The zero-order chi connectivity index (χ0) is 17.3. The first-order valence-corrected chi connectivity index (χ1v) is 8.11. The van der Waals surface area contributed by atoms with E-state index in [1.807, 2.05) is 42.7 Å². The van der Waals surface area contributed by atoms with E-state index >= 15 is 0 Å². The number of piperidine rings is 1. The van der Waals surface area contributed by atoms with Crippen molar-refractivity contribution in [1.82, 2.24) is 14.5 Å². The number of aryl methyl sites for hydroxylation is 1. The Hall–Kier alpha value is -2.63. The molecule has 6 nitrogen and oxygen atoms in total. The third kappa shape index (κ3) is 2.91. The summed E-state index contributed by atoms with van der Waals surface area (Å²) >= 11 is 0. The van der Waals surface area contributed by atoms with Gasteiger partial charge in [-0.2, -0.15) is 0 Å². The van der Waals surface area contributed by atoms with Crippen LogP contribution in [-0.4, -0.2) is 44.5 Å². The Morgan fingerprint density at radius 3 is 2.75 bits per heavy atom. The van der Waals surface area contributed by atoms with E-state index in [4.69, 9.17) is 0 Å². The van der Waals surface area contributed by atoms with E-state index in [2.05, 4.69) is 4.98 Å². The third-order valence-corrected chi connectivity index (χ3v) is 4.60. The average Bonchev–Trinajstić information content (AvgIpc) is 2.89. The number of likely N-dealkylation sites (tertiary alicyclic amines) is 1. The maximum absolute atomic E-state index is 12.9. The number of carbonyl (C=O) groups is 2. The van der Waals surface area contributed by atoms with Gasteiger partial charge < -0.3 is 14.6 Å². The molecule has 0 aliphatic carbocycles. The van der Waals surface area contributed by atoms with Gasteiger partial charge in [-0.05, 0) is 44.9 Å². The molecule has 0 bridgehead atoms. The number of aliphatic carboxylic acids is 1. The van der Waals surface area contributed by atoms with Gasteiger partial charge in [0.2, 0.25) is 0 Å². The van der Waals surface area contributed by atoms with Gasteiger partial charge in [0, 0.05) is 30.7 Å². The van der Waals surface area contributed by atoms with Crippen molar-refractivity contribution in [3.05, 3.63) is 47.4 Å². The minimum atomic E-state index is -0.827. The van der Waals surface area contributed by atoms with Crippen molar-refractivity contribution in [2.24, 2.45) is 5.92 Å². The molecule has 0 radical (unpaired) electrons. The predicted octanol–water partition coefficient (Wildman–Crippen LogP) is 2.43. The van der Waals surface area contributed by atoms with Gasteiger partial charge in [-0.25, -0.2) is 4.98 Å². The van der Waals surface area contributed by atoms with Gasteiger partial charge in [-0.15, -0.1) is 0 Å². The van der Waals surface area contributed by atoms with E-state index in [9.17, 15) is 14.7 Å². The van der Waals surface area contributed by atoms with Crippen molar-refractivity contribution in [2.45, 2.75) is 26.7 Å². The molecule has 6 heteroatoms. The number of amides is 1. The molecule has 0 saturated carbocycles. The second kappa shape index (κ2) is 6.47. The normalized spacial score (nSPS) is 17.8. The molecular formula is C18H21N3O3. The fourth-order valence-electron chi connectivity index (χ4n) is 3.35. The molecule has 2 aromatic heterocycles. The lowest BCUT2D eigenvalue weighted by Gasteiger charge is -2.30. The SMILES string of the molecule is Cc1cc(C(=O)N2CCC[C@@H](C(=O)O)C2)c(C)n1-c1ccccn1. The van der Waals surface area contributed by atoms with Crippen LogP contribution in [0.15, 0.2) is 30.5 Å². The number of carboxylic acid groups (broad SMARTS) is 1. The first-order chi connectivity index (χ1) is 11.5. The largest absolute Gasteiger partial charge is 0.481 e. The van der Waals surface area contributed by atoms with E-state index in [0.29, 0.717) is 18.5 Å². The Bertz CT molecular complexity index is 767. The minimum Gasteiger partial charge on any atom is -0.481 e. The number of pyridine rings is 1. The monoisotopic (exact) mass is 327 g/mol. The fraction of sp³-hybridized carbons (Fsp3) is 0.389. The van der Waals surface area contributed by atoms with Crippen LogP contribution < -0.4 is 0 Å². The first-order valence-electron chi connectivity index (χ1n) is 8.11. The Morgan fingerprint density at radius 1 is 1.29 bits per heavy atom. The molecule has 1 amide bonds. The molecule has 0 aromatic carbocycles. The summed E-state index contributed by atoms with van der Waals surface area (Å²) in [7, 11) is 0. The van der Waals surface area contributed by atoms with Gasteiger partial charge in [0.15, 0.2) is 0 Å². The number of hydrogen-bond acceptors (Lipinski definition) is 3. The lowest BCUT2D eigenvalue weighted by Crippen LogP contribution is -2.42. The third-order valence-electron chi connectivity index (χ3n) is 4.60. The molecule has 0 spiro atoms. The van der Waals surface area contributed by atoms with E-state index in [1.165, 1.54) is 0 Å². The summed E-state index contributed by atoms with van der Waals surface area (Å²) in [6.45, 7) is 4.72. The van der Waals surface area contributed by atoms with E-state index in [-0.39, 0.29) is 12.5 Å². The molecule has 1 atom stereocenters. The van der Waals surface area contributed by atoms with E-state index < -0.39 is 11.9 Å². The number of hydrogen-bond donors (Lipinski definition) is 1. The van der Waals surface area contributed by atoms with Crippen molar-refractivity contribution in [3.63, 3.8) is 0 Å². The van der Waals surface area contributed by atoms with Crippen molar-refractivity contribution in [2.75, 3.05) is 13.1 Å². The summed E-state index contributed by atoms with van der Waals surface area (Å²) in [5, 5.41) is 9.21. The topological polar surface area (TPSA) is 75.4 Å². The molecule has 1 saturated heterocycles. The molecule has 2 aromatic rings. The van der Waals surface area contributed by atoms with Crippen LogP contribution in [-0.2, 0) is 4.79 Å². The molecule has 126 valence electrons. The minimum absolute atomic E-state index is 0.101. The predicted molar refractivity (Wildman–Crippen MR) is 89.3 cm³/mol. The smallest absolute Gasteiger partial charge is 0.308 e. The molecule has 0 unspecified atom stereocenters. The summed E-state index contributed by atoms with van der Waals surface area (Å²) in [6.07, 6.45) is 3.07. The first kappa shape index (κ1) is 16.2. The highest BCUT2D eigenvalue weighted by Crippen LogP contribution is 2.24. The summed E-state index contributed by atoms with van der Waals surface area (Å²) in [6, 6.07) is 7.51. The highest BCUT2D eigenvalue weighted by atomic mass is 16.4. The lowest BCUT2D eigenvalue weighted by molar-refractivity contribution is -0.143. The number of carboxylic acids is 1. The number of rotatable bonds is 3. The highest BCUT2D eigenvalue weighted by Gasteiger charge is 2.30. The number of aromatic nitrogens is 2. The maximum atomic E-state index is 12.9. The van der Waals surface area contributed by atoms with Crippen molar-refractivity contribution >= 4 is 11.9 Å². The van der Waals surface area contributed by atoms with Crippen LogP contribution >= 0.6 is 0 Å². The van der Waals surface area contributed by atoms with Gasteiger partial charge in [0.1, 0.15) is 5.82 Å². The molecule has 1 N–H and O–H groups in total. The van der Waals surface area contributed by atoms with Gasteiger partial charge in [-0.1, -0.05) is 6.07 Å². The van der Waals surface area contributed by atoms with Crippen molar-refractivity contribution < 1.29 is 14.7 Å². The summed E-state index contributed by atoms with van der Waals surface area (Å²) in [5.74, 6) is -0.627. The standard InChI is InChI=1S/C18H21N3O3/c1-12-10-15(13(2)21(12)16-7-3-4-8-19-16)17(22)20-9-5-6-14(11-20)18(23)24/h3-4,7-8,10,14H,5-6,9,11H2,1-2H3,(H,23,24)/t14-/m1/s1. The quantitative estimate of drug-likeness (QED) is 0.939. The summed E-state index contributed by atoms with van der Waals surface area (Å²) in [4.78, 5) is 30.1. The molecule has 3 heterocycles. The summed E-state index contributed by atoms with van der Waals surface area (Å²) in [5.41, 5.74) is 2.37. The molecular weight excluding hydrogens is 306 g/mol. The molecule has 1 aliphatic heterocycles. The Morgan fingerprint density at radius 2 is 2.08 bits per heavy atom. The van der Waals surface area contributed by atoms with Crippen LogP contribution in [0.5, 0.6) is 0 Å². The van der Waals surface area contributed by atoms with E-state index in [1.54, 1.807) is 11.1 Å². The fourth-order valence-corrected chi connectivity index (χ4v) is 3.35. The molecule has 1 aliphatic rings. The Labute approximate surface area is 140 Å². The van der Waals surface area contributed by atoms with Crippen LogP contribution in [0.4, 0.5) is 0 Å². The maximum Gasteiger partial charge on any atom is 0.308 e. The van der Waals surface area contributed by atoms with E-state index in [0.717, 1.165) is 23.6 Å². The zero-order valence-corrected chi connectivity index (χ0v) is 13.9. The second-order valence-corrected chi connectivity index (χ2v) is 6.24. The van der Waals surface area contributed by atoms with Crippen LogP contribution in [0.25, 0.3) is 5.82 Å². The van der Waals surface area contributed by atoms with Crippen LogP contribution in [0.3, 0.4) is 0 Å². The highest BCUT2D eigenvalue weighted by molar-refractivity contribution is 5.96. The van der Waals surface area contributed by atoms with Gasteiger partial charge in [0.05, 0.1) is 11.5 Å². The molecule has 1 fully saturated rings. The Balaban J connectivity index is 1.90. The van der Waals surface area contributed by atoms with Gasteiger partial charge in [0.25, 0.3) is 5.91 Å². The van der Waals surface area contributed by atoms with Crippen molar-refractivity contribution in [1.29, 1.82) is 0 Å². The number of carbonyl (C=O) groups excluding carboxylic acids is 1. The van der Waals surface area contributed by atoms with Gasteiger partial charge in [-0.3, -0.25) is 9.59 Å². The van der Waals surface area contributed by atoms with Gasteiger partial charge >= 0.3 is 5.97 Å².